The number of nitrogens with zero attached hydrogens (tertiary/aromatic N) is 4. The van der Waals surface area contributed by atoms with Crippen LogP contribution in [0.1, 0.15) is 44.6 Å². The van der Waals surface area contributed by atoms with Crippen LogP contribution in [-0.4, -0.2) is 19.9 Å². The molecule has 0 unspecified atom stereocenters. The van der Waals surface area contributed by atoms with E-state index >= 15 is 0 Å². The number of oxazole rings is 2. The molecular weight excluding hydrogens is 392 g/mol. The van der Waals surface area contributed by atoms with Crippen molar-refractivity contribution in [3.8, 4) is 0 Å². The van der Waals surface area contributed by atoms with E-state index in [9.17, 15) is 0 Å². The van der Waals surface area contributed by atoms with Crippen LogP contribution < -0.4 is 0 Å². The van der Waals surface area contributed by atoms with Gasteiger partial charge in [-0.2, -0.15) is 0 Å². The quantitative estimate of drug-likeness (QED) is 0.342. The fourth-order valence-corrected chi connectivity index (χ4v) is 3.07. The highest BCUT2D eigenvalue weighted by molar-refractivity contribution is 7.09. The van der Waals surface area contributed by atoms with Crippen LogP contribution in [0.3, 0.4) is 0 Å². The second-order valence-corrected chi connectivity index (χ2v) is 8.16. The lowest BCUT2D eigenvalue weighted by Crippen LogP contribution is -1.67. The van der Waals surface area contributed by atoms with Crippen LogP contribution in [0.2, 0.25) is 0 Å². The molecule has 8 heteroatoms. The van der Waals surface area contributed by atoms with Crippen LogP contribution in [0.25, 0.3) is 0 Å². The molecule has 4 rings (SSSR count). The Morgan fingerprint density at radius 1 is 0.536 bits per heavy atom. The van der Waals surface area contributed by atoms with Crippen LogP contribution in [0.15, 0.2) is 32.1 Å². The number of rotatable bonds is 0. The molecule has 0 spiro atoms. The smallest absolute Gasteiger partial charge is 0.191 e. The van der Waals surface area contributed by atoms with Crippen LogP contribution in [-0.2, 0) is 0 Å². The highest BCUT2D eigenvalue weighted by Crippen LogP contribution is 2.05. The van der Waals surface area contributed by atoms with Gasteiger partial charge >= 0.3 is 0 Å². The molecule has 152 valence electrons. The Kier molecular flexibility index (Phi) is 10.3. The number of aromatic nitrogens is 4. The Hall–Kier alpha value is -2.32. The summed E-state index contributed by atoms with van der Waals surface area (Å²) < 4.78 is 9.71. The van der Waals surface area contributed by atoms with E-state index in [1.165, 1.54) is 0 Å². The lowest BCUT2D eigenvalue weighted by Gasteiger charge is -1.71. The fourth-order valence-electron chi connectivity index (χ4n) is 1.89. The van der Waals surface area contributed by atoms with Gasteiger partial charge in [0.2, 0.25) is 0 Å². The third-order valence-corrected chi connectivity index (χ3v) is 4.72. The summed E-state index contributed by atoms with van der Waals surface area (Å²) in [6, 6.07) is 0. The van der Waals surface area contributed by atoms with E-state index in [2.05, 4.69) is 30.7 Å². The SMILES string of the molecule is Cc1coc(C)n1.Cc1coc(C)n1.Cc1csc(C)n1.Cc1csc(C)n1. The van der Waals surface area contributed by atoms with Crippen LogP contribution in [0.4, 0.5) is 0 Å². The highest BCUT2D eigenvalue weighted by Gasteiger charge is 1.88. The molecule has 0 aliphatic carbocycles. The molecule has 0 aromatic carbocycles. The minimum absolute atomic E-state index is 0.734. The molecule has 4 heterocycles. The molecule has 0 saturated carbocycles. The van der Waals surface area contributed by atoms with E-state index in [1.807, 2.05) is 55.4 Å². The van der Waals surface area contributed by atoms with Gasteiger partial charge in [-0.15, -0.1) is 22.7 Å². The molecule has 4 aromatic rings. The zero-order valence-corrected chi connectivity index (χ0v) is 19.4. The second kappa shape index (κ2) is 12.2. The molecule has 0 radical (unpaired) electrons. The molecule has 0 atom stereocenters. The van der Waals surface area contributed by atoms with E-state index in [-0.39, 0.29) is 0 Å². The Morgan fingerprint density at radius 2 is 0.893 bits per heavy atom. The second-order valence-electron chi connectivity index (χ2n) is 6.03. The van der Waals surface area contributed by atoms with E-state index in [4.69, 9.17) is 8.83 Å². The monoisotopic (exact) mass is 420 g/mol. The van der Waals surface area contributed by atoms with Crippen molar-refractivity contribution >= 4 is 22.7 Å². The molecule has 4 aromatic heterocycles. The summed E-state index contributed by atoms with van der Waals surface area (Å²) >= 11 is 3.39. The molecule has 6 nitrogen and oxygen atoms in total. The van der Waals surface area contributed by atoms with Gasteiger partial charge in [-0.1, -0.05) is 0 Å². The normalized spacial score (nSPS) is 9.43. The van der Waals surface area contributed by atoms with Gasteiger partial charge in [0.25, 0.3) is 0 Å². The molecule has 0 amide bonds. The number of hydrogen-bond acceptors (Lipinski definition) is 8. The van der Waals surface area contributed by atoms with Crippen LogP contribution in [0.5, 0.6) is 0 Å². The standard InChI is InChI=1S/2C5H7NO.2C5H7NS/c4*1-4-3-7-5(2)6-4/h4*3H,1-2H3. The molecule has 0 bridgehead atoms. The Balaban J connectivity index is 0.000000187. The van der Waals surface area contributed by atoms with Crippen molar-refractivity contribution in [2.24, 2.45) is 0 Å². The molecule has 28 heavy (non-hydrogen) atoms. The van der Waals surface area contributed by atoms with E-state index in [1.54, 1.807) is 35.2 Å². The van der Waals surface area contributed by atoms with Gasteiger partial charge in [-0.25, -0.2) is 19.9 Å². The van der Waals surface area contributed by atoms with Crippen molar-refractivity contribution in [1.82, 2.24) is 19.9 Å². The van der Waals surface area contributed by atoms with E-state index in [0.717, 1.165) is 44.6 Å². The first-order chi connectivity index (χ1) is 13.2. The van der Waals surface area contributed by atoms with Crippen molar-refractivity contribution in [2.75, 3.05) is 0 Å². The summed E-state index contributed by atoms with van der Waals surface area (Å²) in [5.74, 6) is 1.47. The van der Waals surface area contributed by atoms with Crippen LogP contribution >= 0.6 is 22.7 Å². The molecule has 0 saturated heterocycles. The van der Waals surface area contributed by atoms with Gasteiger partial charge in [-0.3, -0.25) is 0 Å². The largest absolute Gasteiger partial charge is 0.449 e. The highest BCUT2D eigenvalue weighted by atomic mass is 32.1. The number of aryl methyl sites for hydroxylation is 8. The summed E-state index contributed by atoms with van der Waals surface area (Å²) in [7, 11) is 0. The Morgan fingerprint density at radius 3 is 0.964 bits per heavy atom. The summed E-state index contributed by atoms with van der Waals surface area (Å²) in [6.45, 7) is 15.5. The minimum atomic E-state index is 0.734. The molecule has 0 aliphatic rings. The van der Waals surface area contributed by atoms with E-state index in [0.29, 0.717) is 0 Å². The van der Waals surface area contributed by atoms with Crippen molar-refractivity contribution in [3.63, 3.8) is 0 Å². The first kappa shape index (κ1) is 23.7. The Labute approximate surface area is 174 Å². The number of hydrogen-bond donors (Lipinski definition) is 0. The molecule has 0 N–H and O–H groups in total. The molecule has 0 fully saturated rings. The zero-order chi connectivity index (χ0) is 21.1. The van der Waals surface area contributed by atoms with Gasteiger partial charge in [0.1, 0.15) is 12.5 Å². The van der Waals surface area contributed by atoms with Crippen molar-refractivity contribution in [2.45, 2.75) is 55.4 Å². The molecular formula is C20H28N4O2S2. The number of thiazole rings is 2. The van der Waals surface area contributed by atoms with Gasteiger partial charge in [0, 0.05) is 36.0 Å². The molecule has 0 aliphatic heterocycles. The first-order valence-corrected chi connectivity index (χ1v) is 10.5. The maximum Gasteiger partial charge on any atom is 0.191 e. The topological polar surface area (TPSA) is 77.8 Å². The average molecular weight is 421 g/mol. The predicted octanol–water partition coefficient (Wildman–Crippen LogP) is 6.10. The third-order valence-electron chi connectivity index (χ3n) is 2.94. The summed E-state index contributed by atoms with van der Waals surface area (Å²) in [6.07, 6.45) is 3.27. The maximum absolute atomic E-state index is 4.85. The maximum atomic E-state index is 4.85. The summed E-state index contributed by atoms with van der Waals surface area (Å²) in [5.41, 5.74) is 4.14. The lowest BCUT2D eigenvalue weighted by molar-refractivity contribution is 0.520. The summed E-state index contributed by atoms with van der Waals surface area (Å²) in [5, 5.41) is 6.40. The van der Waals surface area contributed by atoms with E-state index < -0.39 is 0 Å². The van der Waals surface area contributed by atoms with Gasteiger partial charge in [0.05, 0.1) is 21.4 Å². The average Bonchev–Trinajstić information content (AvgIpc) is 3.37. The van der Waals surface area contributed by atoms with Crippen LogP contribution in [0, 0.1) is 55.4 Å². The minimum Gasteiger partial charge on any atom is -0.449 e. The zero-order valence-electron chi connectivity index (χ0n) is 17.7. The van der Waals surface area contributed by atoms with Crippen molar-refractivity contribution in [3.05, 3.63) is 67.9 Å². The van der Waals surface area contributed by atoms with Crippen molar-refractivity contribution in [1.29, 1.82) is 0 Å². The van der Waals surface area contributed by atoms with Gasteiger partial charge in [0.15, 0.2) is 11.8 Å². The summed E-state index contributed by atoms with van der Waals surface area (Å²) in [4.78, 5) is 16.1. The van der Waals surface area contributed by atoms with Crippen molar-refractivity contribution < 1.29 is 8.83 Å². The van der Waals surface area contributed by atoms with Gasteiger partial charge in [-0.05, 0) is 41.5 Å². The van der Waals surface area contributed by atoms with Gasteiger partial charge < -0.3 is 8.83 Å². The Bertz CT molecular complexity index is 718. The fraction of sp³-hybridized carbons (Fsp3) is 0.400. The first-order valence-electron chi connectivity index (χ1n) is 8.70. The lowest BCUT2D eigenvalue weighted by atomic mass is 10.6. The third kappa shape index (κ3) is 10.7. The predicted molar refractivity (Wildman–Crippen MR) is 115 cm³/mol.